The molecule has 17 heavy (non-hydrogen) atoms. The second-order valence-corrected chi connectivity index (χ2v) is 4.24. The molecule has 1 aliphatic rings. The Hall–Kier alpha value is -1.62. The number of hydrogen-bond donors (Lipinski definition) is 2. The summed E-state index contributed by atoms with van der Waals surface area (Å²) in [4.78, 5) is 15.7. The fraction of sp³-hybridized carbons (Fsp3) is 0.500. The van der Waals surface area contributed by atoms with Crippen molar-refractivity contribution in [2.75, 3.05) is 19.6 Å². The van der Waals surface area contributed by atoms with Gasteiger partial charge in [0, 0.05) is 44.1 Å². The Bertz CT molecular complexity index is 402. The summed E-state index contributed by atoms with van der Waals surface area (Å²) in [6, 6.07) is 0. The van der Waals surface area contributed by atoms with Gasteiger partial charge in [-0.05, 0) is 18.9 Å². The van der Waals surface area contributed by atoms with Crippen molar-refractivity contribution in [1.29, 1.82) is 0 Å². The Balaban J connectivity index is 1.66. The van der Waals surface area contributed by atoms with Crippen LogP contribution in [0.1, 0.15) is 13.3 Å². The van der Waals surface area contributed by atoms with Gasteiger partial charge in [0.05, 0.1) is 6.33 Å². The van der Waals surface area contributed by atoms with Crippen molar-refractivity contribution in [2.24, 2.45) is 0 Å². The summed E-state index contributed by atoms with van der Waals surface area (Å²) in [6.07, 6.45) is 6.39. The minimum absolute atomic E-state index is 0.0622. The molecule has 2 heterocycles. The Morgan fingerprint density at radius 3 is 3.00 bits per heavy atom. The standard InChI is InChI=1S/C12H18N4O/c1-10(11-7-14-8-11)12(17)15-3-2-5-16-6-4-13-9-16/h4,6,9,14H,2-3,5,7-8H2,1H3,(H,15,17). The number of carbonyl (C=O) groups is 1. The van der Waals surface area contributed by atoms with Gasteiger partial charge in [0.2, 0.25) is 5.91 Å². The topological polar surface area (TPSA) is 59.0 Å². The van der Waals surface area contributed by atoms with Gasteiger partial charge in [-0.2, -0.15) is 0 Å². The molecule has 5 heteroatoms. The minimum atomic E-state index is 0.0622. The first-order chi connectivity index (χ1) is 8.27. The summed E-state index contributed by atoms with van der Waals surface area (Å²) >= 11 is 0. The number of aromatic nitrogens is 2. The molecule has 92 valence electrons. The number of carbonyl (C=O) groups excluding carboxylic acids is 1. The third kappa shape index (κ3) is 3.17. The highest BCUT2D eigenvalue weighted by Gasteiger charge is 2.15. The average Bonchev–Trinajstić information content (AvgIpc) is 2.74. The quantitative estimate of drug-likeness (QED) is 0.569. The molecular formula is C12H18N4O. The van der Waals surface area contributed by atoms with Crippen LogP contribution >= 0.6 is 0 Å². The zero-order valence-electron chi connectivity index (χ0n) is 10.1. The molecule has 0 atom stereocenters. The highest BCUT2D eigenvalue weighted by molar-refractivity contribution is 5.93. The molecule has 1 aromatic rings. The first-order valence-electron chi connectivity index (χ1n) is 5.90. The van der Waals surface area contributed by atoms with Crippen molar-refractivity contribution in [1.82, 2.24) is 20.2 Å². The van der Waals surface area contributed by atoms with Gasteiger partial charge in [-0.15, -0.1) is 0 Å². The van der Waals surface area contributed by atoms with E-state index in [4.69, 9.17) is 0 Å². The minimum Gasteiger partial charge on any atom is -0.352 e. The van der Waals surface area contributed by atoms with Gasteiger partial charge in [-0.3, -0.25) is 4.79 Å². The summed E-state index contributed by atoms with van der Waals surface area (Å²) in [5.74, 6) is 0.0622. The molecule has 0 aliphatic carbocycles. The lowest BCUT2D eigenvalue weighted by Crippen LogP contribution is -2.37. The molecule has 0 bridgehead atoms. The van der Waals surface area contributed by atoms with Crippen molar-refractivity contribution >= 4 is 5.91 Å². The number of rotatable bonds is 5. The number of nitrogens with zero attached hydrogens (tertiary/aromatic N) is 2. The molecule has 5 nitrogen and oxygen atoms in total. The van der Waals surface area contributed by atoms with Crippen LogP contribution in [0.5, 0.6) is 0 Å². The maximum atomic E-state index is 11.7. The van der Waals surface area contributed by atoms with Crippen molar-refractivity contribution in [2.45, 2.75) is 19.9 Å². The number of nitrogens with one attached hydrogen (secondary N) is 2. The normalized spacial score (nSPS) is 14.3. The Kier molecular flexibility index (Phi) is 3.93. The molecule has 1 fully saturated rings. The SMILES string of the molecule is CC(C(=O)NCCCn1ccnc1)=C1CNC1. The van der Waals surface area contributed by atoms with Crippen molar-refractivity contribution in [3.05, 3.63) is 29.9 Å². The molecule has 1 aromatic heterocycles. The highest BCUT2D eigenvalue weighted by Crippen LogP contribution is 2.08. The van der Waals surface area contributed by atoms with Gasteiger partial charge in [-0.1, -0.05) is 0 Å². The molecular weight excluding hydrogens is 216 g/mol. The number of hydrogen-bond acceptors (Lipinski definition) is 3. The third-order valence-corrected chi connectivity index (χ3v) is 2.99. The molecule has 0 aromatic carbocycles. The Labute approximate surface area is 101 Å². The van der Waals surface area contributed by atoms with E-state index in [0.717, 1.165) is 31.6 Å². The van der Waals surface area contributed by atoms with Crippen molar-refractivity contribution in [3.8, 4) is 0 Å². The fourth-order valence-electron chi connectivity index (χ4n) is 1.69. The van der Waals surface area contributed by atoms with E-state index in [9.17, 15) is 4.79 Å². The third-order valence-electron chi connectivity index (χ3n) is 2.99. The summed E-state index contributed by atoms with van der Waals surface area (Å²) in [6.45, 7) is 5.19. The molecule has 2 rings (SSSR count). The van der Waals surface area contributed by atoms with Crippen LogP contribution in [0, 0.1) is 0 Å². The van der Waals surface area contributed by atoms with E-state index in [0.29, 0.717) is 6.54 Å². The van der Waals surface area contributed by atoms with E-state index in [-0.39, 0.29) is 5.91 Å². The van der Waals surface area contributed by atoms with Crippen LogP contribution in [0.15, 0.2) is 29.9 Å². The molecule has 0 spiro atoms. The lowest BCUT2D eigenvalue weighted by molar-refractivity contribution is -0.117. The summed E-state index contributed by atoms with van der Waals surface area (Å²) in [5, 5.41) is 6.07. The van der Waals surface area contributed by atoms with Crippen LogP contribution in [0.25, 0.3) is 0 Å². The van der Waals surface area contributed by atoms with E-state index in [1.54, 1.807) is 12.5 Å². The Morgan fingerprint density at radius 2 is 2.41 bits per heavy atom. The number of imidazole rings is 1. The van der Waals surface area contributed by atoms with Crippen LogP contribution < -0.4 is 10.6 Å². The second kappa shape index (κ2) is 5.63. The molecule has 1 amide bonds. The first-order valence-corrected chi connectivity index (χ1v) is 5.90. The summed E-state index contributed by atoms with van der Waals surface area (Å²) in [7, 11) is 0. The van der Waals surface area contributed by atoms with Crippen LogP contribution in [0.3, 0.4) is 0 Å². The lowest BCUT2D eigenvalue weighted by atomic mass is 10.0. The molecule has 0 radical (unpaired) electrons. The van der Waals surface area contributed by atoms with Gasteiger partial charge in [0.1, 0.15) is 0 Å². The van der Waals surface area contributed by atoms with E-state index in [1.165, 1.54) is 5.57 Å². The summed E-state index contributed by atoms with van der Waals surface area (Å²) in [5.41, 5.74) is 2.09. The van der Waals surface area contributed by atoms with Crippen molar-refractivity contribution in [3.63, 3.8) is 0 Å². The van der Waals surface area contributed by atoms with E-state index in [1.807, 2.05) is 17.7 Å². The zero-order chi connectivity index (χ0) is 12.1. The predicted octanol–water partition coefficient (Wildman–Crippen LogP) is 0.309. The number of amides is 1. The monoisotopic (exact) mass is 234 g/mol. The molecule has 0 saturated carbocycles. The van der Waals surface area contributed by atoms with Crippen LogP contribution in [-0.4, -0.2) is 35.1 Å². The van der Waals surface area contributed by atoms with Gasteiger partial charge < -0.3 is 15.2 Å². The van der Waals surface area contributed by atoms with E-state index in [2.05, 4.69) is 15.6 Å². The molecule has 1 aliphatic heterocycles. The Morgan fingerprint density at radius 1 is 1.59 bits per heavy atom. The molecule has 0 unspecified atom stereocenters. The molecule has 1 saturated heterocycles. The predicted molar refractivity (Wildman–Crippen MR) is 65.4 cm³/mol. The second-order valence-electron chi connectivity index (χ2n) is 4.24. The smallest absolute Gasteiger partial charge is 0.246 e. The molecule has 2 N–H and O–H groups in total. The average molecular weight is 234 g/mol. The van der Waals surface area contributed by atoms with E-state index < -0.39 is 0 Å². The van der Waals surface area contributed by atoms with Gasteiger partial charge >= 0.3 is 0 Å². The summed E-state index contributed by atoms with van der Waals surface area (Å²) < 4.78 is 2.01. The van der Waals surface area contributed by atoms with Crippen LogP contribution in [0.4, 0.5) is 0 Å². The zero-order valence-corrected chi connectivity index (χ0v) is 10.1. The van der Waals surface area contributed by atoms with Gasteiger partial charge in [-0.25, -0.2) is 4.98 Å². The first kappa shape index (κ1) is 11.9. The lowest BCUT2D eigenvalue weighted by Gasteiger charge is -2.21. The maximum Gasteiger partial charge on any atom is 0.246 e. The van der Waals surface area contributed by atoms with Gasteiger partial charge in [0.25, 0.3) is 0 Å². The van der Waals surface area contributed by atoms with Crippen molar-refractivity contribution < 1.29 is 4.79 Å². The van der Waals surface area contributed by atoms with Crippen LogP contribution in [-0.2, 0) is 11.3 Å². The largest absolute Gasteiger partial charge is 0.352 e. The van der Waals surface area contributed by atoms with Crippen LogP contribution in [0.2, 0.25) is 0 Å². The highest BCUT2D eigenvalue weighted by atomic mass is 16.1. The van der Waals surface area contributed by atoms with Gasteiger partial charge in [0.15, 0.2) is 0 Å². The van der Waals surface area contributed by atoms with E-state index >= 15 is 0 Å². The fourth-order valence-corrected chi connectivity index (χ4v) is 1.69. The maximum absolute atomic E-state index is 11.7. The number of aryl methyl sites for hydroxylation is 1.